The summed E-state index contributed by atoms with van der Waals surface area (Å²) in [4.78, 5) is 0. The summed E-state index contributed by atoms with van der Waals surface area (Å²) in [6.07, 6.45) is -9.86. The molecule has 2 aromatic carbocycles. The smallest absolute Gasteiger partial charge is 0.283 e. The van der Waals surface area contributed by atoms with Gasteiger partial charge in [-0.1, -0.05) is 29.8 Å². The Morgan fingerprint density at radius 2 is 1.32 bits per heavy atom. The molecule has 2 nitrogen and oxygen atoms in total. The van der Waals surface area contributed by atoms with E-state index in [1.165, 1.54) is 22.9 Å². The average Bonchev–Trinajstić information content (AvgIpc) is 2.52. The van der Waals surface area contributed by atoms with E-state index in [1.807, 2.05) is 6.92 Å². The van der Waals surface area contributed by atoms with Gasteiger partial charge in [-0.05, 0) is 25.1 Å². The number of aryl methyl sites for hydroxylation is 1. The summed E-state index contributed by atoms with van der Waals surface area (Å²) in [6, 6.07) is 7.77. The second kappa shape index (κ2) is 6.85. The van der Waals surface area contributed by atoms with Gasteiger partial charge in [-0.3, -0.25) is 8.52 Å². The lowest BCUT2D eigenvalue weighted by molar-refractivity contribution is -0.143. The van der Waals surface area contributed by atoms with Crippen molar-refractivity contribution in [1.82, 2.24) is 0 Å². The monoisotopic (exact) mass is 472 g/mol. The number of halogens is 7. The van der Waals surface area contributed by atoms with Crippen molar-refractivity contribution in [2.24, 2.45) is 0 Å². The fraction of sp³-hybridized carbons (Fsp3) is 0.188. The van der Waals surface area contributed by atoms with Crippen LogP contribution in [0.25, 0.3) is 0 Å². The highest BCUT2D eigenvalue weighted by atomic mass is 127. The van der Waals surface area contributed by atoms with Crippen LogP contribution in [0.5, 0.6) is 0 Å². The second-order valence-corrected chi connectivity index (χ2v) is 6.22. The van der Waals surface area contributed by atoms with Crippen LogP contribution in [0.3, 0.4) is 0 Å². The molecular weight excluding hydrogens is 461 g/mol. The summed E-state index contributed by atoms with van der Waals surface area (Å²) >= 11 is 1.51. The maximum Gasteiger partial charge on any atom is 0.416 e. The van der Waals surface area contributed by atoms with E-state index in [1.54, 1.807) is 24.3 Å². The number of hydrogen-bond acceptors (Lipinski definition) is 1. The number of nitrogens with zero attached hydrogens (tertiary/aromatic N) is 1. The highest BCUT2D eigenvalue weighted by Crippen LogP contribution is 2.39. The Morgan fingerprint density at radius 3 is 1.72 bits per heavy atom. The number of anilines is 1. The fourth-order valence-corrected chi connectivity index (χ4v) is 2.56. The largest absolute Gasteiger partial charge is 0.416 e. The molecular formula is C16H11F6IN2. The number of benzene rings is 2. The van der Waals surface area contributed by atoms with Crippen molar-refractivity contribution in [3.63, 3.8) is 0 Å². The molecule has 0 aliphatic carbocycles. The van der Waals surface area contributed by atoms with Crippen LogP contribution < -0.4 is 3.11 Å². The van der Waals surface area contributed by atoms with Crippen LogP contribution in [0, 0.1) is 12.3 Å². The van der Waals surface area contributed by atoms with Crippen molar-refractivity contribution in [2.75, 3.05) is 3.11 Å². The van der Waals surface area contributed by atoms with Gasteiger partial charge in [0, 0.05) is 5.56 Å². The van der Waals surface area contributed by atoms with Crippen LogP contribution in [0.4, 0.5) is 32.0 Å². The Hall–Kier alpha value is -1.78. The Labute approximate surface area is 153 Å². The summed E-state index contributed by atoms with van der Waals surface area (Å²) in [5.74, 6) is -0.229. The standard InChI is InChI=1S/C16H11F6IN2/c1-9-2-4-10(5-3-9)14(24)25(23)13-7-11(15(17,18)19)6-12(8-13)16(20,21)22/h2-8,24H,1H3. The molecule has 0 bridgehead atoms. The predicted octanol–water partition coefficient (Wildman–Crippen LogP) is 6.21. The molecule has 0 aromatic heterocycles. The lowest BCUT2D eigenvalue weighted by Crippen LogP contribution is -2.21. The van der Waals surface area contributed by atoms with E-state index in [0.29, 0.717) is 17.7 Å². The van der Waals surface area contributed by atoms with Gasteiger partial charge < -0.3 is 0 Å². The summed E-state index contributed by atoms with van der Waals surface area (Å²) in [5, 5.41) is 8.05. The molecule has 134 valence electrons. The molecule has 9 heteroatoms. The fourth-order valence-electron chi connectivity index (χ4n) is 2.01. The van der Waals surface area contributed by atoms with Crippen molar-refractivity contribution in [3.05, 3.63) is 64.7 Å². The first kappa shape index (κ1) is 19.5. The number of alkyl halides is 6. The molecule has 25 heavy (non-hydrogen) atoms. The Balaban J connectivity index is 2.49. The van der Waals surface area contributed by atoms with Gasteiger partial charge >= 0.3 is 12.4 Å². The van der Waals surface area contributed by atoms with Crippen molar-refractivity contribution < 1.29 is 26.3 Å². The molecule has 0 amide bonds. The molecule has 2 rings (SSSR count). The number of rotatable bonds is 2. The zero-order chi connectivity index (χ0) is 19.0. The molecule has 0 radical (unpaired) electrons. The van der Waals surface area contributed by atoms with Crippen LogP contribution in [0.1, 0.15) is 22.3 Å². The normalized spacial score (nSPS) is 12.2. The van der Waals surface area contributed by atoms with Gasteiger partial charge in [-0.2, -0.15) is 26.3 Å². The summed E-state index contributed by atoms with van der Waals surface area (Å²) in [7, 11) is 0. The van der Waals surface area contributed by atoms with E-state index in [2.05, 4.69) is 0 Å². The molecule has 0 saturated heterocycles. The molecule has 2 aromatic rings. The van der Waals surface area contributed by atoms with Gasteiger partial charge in [0.15, 0.2) is 0 Å². The Bertz CT molecular complexity index is 748. The highest BCUT2D eigenvalue weighted by Gasteiger charge is 2.37. The highest BCUT2D eigenvalue weighted by molar-refractivity contribution is 14.1. The van der Waals surface area contributed by atoms with E-state index in [-0.39, 0.29) is 17.6 Å². The predicted molar refractivity (Wildman–Crippen MR) is 91.0 cm³/mol. The third kappa shape index (κ3) is 4.65. The number of amidine groups is 1. The summed E-state index contributed by atoms with van der Waals surface area (Å²) < 4.78 is 78.5. The minimum absolute atomic E-state index is 0.0590. The molecule has 0 heterocycles. The Morgan fingerprint density at radius 1 is 0.880 bits per heavy atom. The molecule has 0 fully saturated rings. The first-order valence-electron chi connectivity index (χ1n) is 6.80. The van der Waals surface area contributed by atoms with Gasteiger partial charge in [0.25, 0.3) is 0 Å². The van der Waals surface area contributed by atoms with Gasteiger partial charge in [0.1, 0.15) is 5.84 Å². The second-order valence-electron chi connectivity index (χ2n) is 5.26. The lowest BCUT2D eigenvalue weighted by atomic mass is 10.1. The number of nitrogens with one attached hydrogen (secondary N) is 1. The summed E-state index contributed by atoms with van der Waals surface area (Å²) in [6.45, 7) is 1.82. The maximum absolute atomic E-state index is 12.9. The third-order valence-corrected chi connectivity index (χ3v) is 4.36. The van der Waals surface area contributed by atoms with E-state index in [0.717, 1.165) is 8.68 Å². The van der Waals surface area contributed by atoms with Crippen LogP contribution >= 0.6 is 22.9 Å². The number of hydrogen-bond donors (Lipinski definition) is 1. The minimum Gasteiger partial charge on any atom is -0.283 e. The van der Waals surface area contributed by atoms with Crippen molar-refractivity contribution in [2.45, 2.75) is 19.3 Å². The SMILES string of the molecule is Cc1ccc(C(=N)N(I)c2cc(C(F)(F)F)cc(C(F)(F)F)c2)cc1. The molecule has 1 N–H and O–H groups in total. The van der Waals surface area contributed by atoms with Crippen molar-refractivity contribution >= 4 is 34.4 Å². The molecule has 0 unspecified atom stereocenters. The van der Waals surface area contributed by atoms with Crippen LogP contribution in [0.15, 0.2) is 42.5 Å². The summed E-state index contributed by atoms with van der Waals surface area (Å²) in [5.41, 5.74) is -1.94. The maximum atomic E-state index is 12.9. The van der Waals surface area contributed by atoms with E-state index in [9.17, 15) is 26.3 Å². The zero-order valence-electron chi connectivity index (χ0n) is 12.6. The van der Waals surface area contributed by atoms with E-state index < -0.39 is 23.5 Å². The van der Waals surface area contributed by atoms with Crippen molar-refractivity contribution in [1.29, 1.82) is 5.41 Å². The lowest BCUT2D eigenvalue weighted by Gasteiger charge is -2.21. The topological polar surface area (TPSA) is 27.1 Å². The average molecular weight is 472 g/mol. The van der Waals surface area contributed by atoms with Crippen LogP contribution in [-0.4, -0.2) is 5.84 Å². The zero-order valence-corrected chi connectivity index (χ0v) is 14.8. The Kier molecular flexibility index (Phi) is 5.35. The first-order chi connectivity index (χ1) is 11.4. The molecule has 0 spiro atoms. The molecule has 0 aliphatic heterocycles. The van der Waals surface area contributed by atoms with Crippen LogP contribution in [-0.2, 0) is 12.4 Å². The minimum atomic E-state index is -4.93. The van der Waals surface area contributed by atoms with Gasteiger partial charge in [0.2, 0.25) is 0 Å². The first-order valence-corrected chi connectivity index (χ1v) is 7.77. The molecule has 0 aliphatic rings. The quantitative estimate of drug-likeness (QED) is 0.182. The van der Waals surface area contributed by atoms with Gasteiger partial charge in [-0.15, -0.1) is 0 Å². The molecule has 0 atom stereocenters. The van der Waals surface area contributed by atoms with Crippen LogP contribution in [0.2, 0.25) is 0 Å². The third-order valence-electron chi connectivity index (χ3n) is 3.32. The van der Waals surface area contributed by atoms with Crippen molar-refractivity contribution in [3.8, 4) is 0 Å². The van der Waals surface area contributed by atoms with Gasteiger partial charge in [-0.25, -0.2) is 0 Å². The molecule has 0 saturated carbocycles. The van der Waals surface area contributed by atoms with E-state index in [4.69, 9.17) is 5.41 Å². The van der Waals surface area contributed by atoms with Gasteiger partial charge in [0.05, 0.1) is 39.7 Å². The van der Waals surface area contributed by atoms with E-state index >= 15 is 0 Å².